The van der Waals surface area contributed by atoms with E-state index in [9.17, 15) is 4.79 Å². The smallest absolute Gasteiger partial charge is 0.275 e. The molecule has 19 heavy (non-hydrogen) atoms. The van der Waals surface area contributed by atoms with Crippen LogP contribution >= 0.6 is 34.8 Å². The molecular formula is C13H14Cl3NO2. The number of alkyl halides is 3. The third kappa shape index (κ3) is 3.34. The number of nitrogens with zero attached hydrogens (tertiary/aromatic N) is 1. The van der Waals surface area contributed by atoms with Gasteiger partial charge in [0, 0.05) is 6.54 Å². The third-order valence-corrected chi connectivity index (χ3v) is 3.68. The zero-order valence-electron chi connectivity index (χ0n) is 10.4. The van der Waals surface area contributed by atoms with E-state index in [0.29, 0.717) is 13.2 Å². The summed E-state index contributed by atoms with van der Waals surface area (Å²) in [6.45, 7) is 2.75. The molecule has 3 nitrogen and oxygen atoms in total. The number of morpholine rings is 1. The zero-order chi connectivity index (χ0) is 14.0. The van der Waals surface area contributed by atoms with E-state index in [1.54, 1.807) is 4.90 Å². The first-order valence-electron chi connectivity index (χ1n) is 5.95. The molecule has 0 saturated carbocycles. The number of ether oxygens (including phenoxy) is 1. The molecule has 0 unspecified atom stereocenters. The fraction of sp³-hybridized carbons (Fsp3) is 0.462. The monoisotopic (exact) mass is 321 g/mol. The quantitative estimate of drug-likeness (QED) is 0.742. The van der Waals surface area contributed by atoms with Crippen molar-refractivity contribution in [2.24, 2.45) is 0 Å². The molecule has 1 amide bonds. The molecule has 6 heteroatoms. The van der Waals surface area contributed by atoms with Crippen LogP contribution in [0.25, 0.3) is 0 Å². The van der Waals surface area contributed by atoms with E-state index in [1.807, 2.05) is 37.3 Å². The van der Waals surface area contributed by atoms with Crippen LogP contribution in [0.5, 0.6) is 0 Å². The Morgan fingerprint density at radius 1 is 1.32 bits per heavy atom. The molecule has 1 aliphatic heterocycles. The summed E-state index contributed by atoms with van der Waals surface area (Å²) in [5.74, 6) is -0.505. The molecule has 0 bridgehead atoms. The first kappa shape index (κ1) is 14.9. The summed E-state index contributed by atoms with van der Waals surface area (Å²) in [6.07, 6.45) is -0.203. The van der Waals surface area contributed by atoms with Gasteiger partial charge in [-0.25, -0.2) is 0 Å². The maximum Gasteiger partial charge on any atom is 0.275 e. The Balaban J connectivity index is 2.20. The van der Waals surface area contributed by atoms with Crippen LogP contribution in [0.4, 0.5) is 0 Å². The molecule has 2 rings (SSSR count). The number of hydrogen-bond acceptors (Lipinski definition) is 2. The van der Waals surface area contributed by atoms with Gasteiger partial charge >= 0.3 is 0 Å². The van der Waals surface area contributed by atoms with Crippen LogP contribution in [0, 0.1) is 0 Å². The summed E-state index contributed by atoms with van der Waals surface area (Å²) in [4.78, 5) is 13.6. The van der Waals surface area contributed by atoms with Crippen molar-refractivity contribution in [1.29, 1.82) is 0 Å². The fourth-order valence-electron chi connectivity index (χ4n) is 2.25. The van der Waals surface area contributed by atoms with Gasteiger partial charge in [0.25, 0.3) is 9.70 Å². The van der Waals surface area contributed by atoms with Crippen LogP contribution < -0.4 is 0 Å². The predicted octanol–water partition coefficient (Wildman–Crippen LogP) is 3.35. The average molecular weight is 323 g/mol. The minimum atomic E-state index is -1.92. The Labute approximate surface area is 127 Å². The Morgan fingerprint density at radius 2 is 1.95 bits per heavy atom. The highest BCUT2D eigenvalue weighted by atomic mass is 35.6. The summed E-state index contributed by atoms with van der Waals surface area (Å²) in [5, 5.41) is 0. The van der Waals surface area contributed by atoms with Gasteiger partial charge in [0.2, 0.25) is 0 Å². The molecule has 0 spiro atoms. The molecule has 0 N–H and O–H groups in total. The van der Waals surface area contributed by atoms with Crippen LogP contribution in [0.1, 0.15) is 18.6 Å². The van der Waals surface area contributed by atoms with E-state index in [0.717, 1.165) is 5.56 Å². The minimum absolute atomic E-state index is 0.181. The van der Waals surface area contributed by atoms with Crippen LogP contribution in [0.2, 0.25) is 0 Å². The SMILES string of the molecule is C[C@@H]1[C@H](c2ccccc2)OCCN1C(=O)C(Cl)(Cl)Cl. The number of benzene rings is 1. The molecule has 1 heterocycles. The Hall–Kier alpha value is -0.480. The highest BCUT2D eigenvalue weighted by Gasteiger charge is 2.41. The van der Waals surface area contributed by atoms with E-state index in [2.05, 4.69) is 0 Å². The van der Waals surface area contributed by atoms with Gasteiger partial charge in [-0.2, -0.15) is 0 Å². The van der Waals surface area contributed by atoms with Crippen LogP contribution in [0.3, 0.4) is 0 Å². The minimum Gasteiger partial charge on any atom is -0.370 e. The van der Waals surface area contributed by atoms with Gasteiger partial charge in [-0.15, -0.1) is 0 Å². The highest BCUT2D eigenvalue weighted by Crippen LogP contribution is 2.34. The Kier molecular flexibility index (Phi) is 4.62. The van der Waals surface area contributed by atoms with Gasteiger partial charge in [0.05, 0.1) is 12.6 Å². The van der Waals surface area contributed by atoms with E-state index < -0.39 is 9.70 Å². The number of amides is 1. The number of halogens is 3. The van der Waals surface area contributed by atoms with Crippen molar-refractivity contribution < 1.29 is 9.53 Å². The molecule has 2 atom stereocenters. The predicted molar refractivity (Wildman–Crippen MR) is 76.6 cm³/mol. The number of rotatable bonds is 1. The van der Waals surface area contributed by atoms with Crippen molar-refractivity contribution in [3.63, 3.8) is 0 Å². The molecule has 1 aromatic rings. The number of carbonyl (C=O) groups excluding carboxylic acids is 1. The summed E-state index contributed by atoms with van der Waals surface area (Å²) >= 11 is 17.0. The molecule has 0 aliphatic carbocycles. The largest absolute Gasteiger partial charge is 0.370 e. The standard InChI is InChI=1S/C13H14Cl3NO2/c1-9-11(10-5-3-2-4-6-10)19-8-7-17(9)12(18)13(14,15)16/h2-6,9,11H,7-8H2,1H3/t9-,11-/m1/s1. The van der Waals surface area contributed by atoms with Crippen molar-refractivity contribution >= 4 is 40.7 Å². The average Bonchev–Trinajstić information content (AvgIpc) is 2.38. The summed E-state index contributed by atoms with van der Waals surface area (Å²) in [5.41, 5.74) is 1.01. The summed E-state index contributed by atoms with van der Waals surface area (Å²) in [6, 6.07) is 9.54. The lowest BCUT2D eigenvalue weighted by molar-refractivity contribution is -0.144. The van der Waals surface area contributed by atoms with Crippen molar-refractivity contribution in [1.82, 2.24) is 4.90 Å². The first-order valence-corrected chi connectivity index (χ1v) is 7.09. The van der Waals surface area contributed by atoms with Crippen molar-refractivity contribution in [3.8, 4) is 0 Å². The van der Waals surface area contributed by atoms with Gasteiger partial charge in [-0.05, 0) is 12.5 Å². The summed E-state index contributed by atoms with van der Waals surface area (Å²) in [7, 11) is 0. The molecule has 0 radical (unpaired) electrons. The maximum absolute atomic E-state index is 12.1. The van der Waals surface area contributed by atoms with Crippen molar-refractivity contribution in [2.45, 2.75) is 22.9 Å². The molecule has 1 aromatic carbocycles. The molecular weight excluding hydrogens is 309 g/mol. The highest BCUT2D eigenvalue weighted by molar-refractivity contribution is 6.76. The fourth-order valence-corrected chi connectivity index (χ4v) is 2.58. The lowest BCUT2D eigenvalue weighted by atomic mass is 10.0. The normalized spacial score (nSPS) is 24.3. The van der Waals surface area contributed by atoms with Crippen LogP contribution in [0.15, 0.2) is 30.3 Å². The van der Waals surface area contributed by atoms with Crippen LogP contribution in [-0.2, 0) is 9.53 Å². The summed E-state index contributed by atoms with van der Waals surface area (Å²) < 4.78 is 3.82. The van der Waals surface area contributed by atoms with Gasteiger partial charge in [-0.3, -0.25) is 4.79 Å². The van der Waals surface area contributed by atoms with E-state index in [1.165, 1.54) is 0 Å². The van der Waals surface area contributed by atoms with Gasteiger partial charge in [0.15, 0.2) is 0 Å². The molecule has 104 valence electrons. The third-order valence-electron chi connectivity index (χ3n) is 3.19. The maximum atomic E-state index is 12.1. The second-order valence-electron chi connectivity index (χ2n) is 4.44. The Morgan fingerprint density at radius 3 is 2.53 bits per heavy atom. The zero-order valence-corrected chi connectivity index (χ0v) is 12.6. The van der Waals surface area contributed by atoms with E-state index in [4.69, 9.17) is 39.5 Å². The van der Waals surface area contributed by atoms with E-state index in [-0.39, 0.29) is 12.1 Å². The lowest BCUT2D eigenvalue weighted by Gasteiger charge is -2.40. The first-order chi connectivity index (χ1) is 8.91. The van der Waals surface area contributed by atoms with Crippen LogP contribution in [-0.4, -0.2) is 33.8 Å². The van der Waals surface area contributed by atoms with Gasteiger partial charge in [0.1, 0.15) is 6.10 Å². The molecule has 1 saturated heterocycles. The molecule has 1 aliphatic rings. The second-order valence-corrected chi connectivity index (χ2v) is 6.72. The lowest BCUT2D eigenvalue weighted by Crippen LogP contribution is -2.52. The molecule has 0 aromatic heterocycles. The Bertz CT molecular complexity index is 447. The van der Waals surface area contributed by atoms with E-state index >= 15 is 0 Å². The second kappa shape index (κ2) is 5.88. The topological polar surface area (TPSA) is 29.5 Å². The number of carbonyl (C=O) groups is 1. The van der Waals surface area contributed by atoms with Gasteiger partial charge < -0.3 is 9.64 Å². The van der Waals surface area contributed by atoms with Gasteiger partial charge in [-0.1, -0.05) is 65.1 Å². The number of hydrogen-bond donors (Lipinski definition) is 0. The molecule has 1 fully saturated rings. The van der Waals surface area contributed by atoms with Crippen molar-refractivity contribution in [2.75, 3.05) is 13.2 Å². The van der Waals surface area contributed by atoms with Crippen molar-refractivity contribution in [3.05, 3.63) is 35.9 Å².